The lowest BCUT2D eigenvalue weighted by molar-refractivity contribution is 0.306. The second-order valence-corrected chi connectivity index (χ2v) is 5.39. The molecule has 2 aliphatic rings. The van der Waals surface area contributed by atoms with Crippen LogP contribution in [-0.4, -0.2) is 23.5 Å². The van der Waals surface area contributed by atoms with Gasteiger partial charge in [0.05, 0.1) is 6.54 Å². The highest BCUT2D eigenvalue weighted by Gasteiger charge is 2.21. The first-order valence-electron chi connectivity index (χ1n) is 5.82. The molecule has 1 heterocycles. The van der Waals surface area contributed by atoms with Gasteiger partial charge in [0.1, 0.15) is 0 Å². The number of rotatable bonds is 2. The van der Waals surface area contributed by atoms with Crippen molar-refractivity contribution < 1.29 is 0 Å². The highest BCUT2D eigenvalue weighted by atomic mass is 32.2. The van der Waals surface area contributed by atoms with E-state index < -0.39 is 0 Å². The predicted molar refractivity (Wildman–Crippen MR) is 63.9 cm³/mol. The van der Waals surface area contributed by atoms with Gasteiger partial charge < -0.3 is 5.32 Å². The van der Waals surface area contributed by atoms with Crippen molar-refractivity contribution in [3.8, 4) is 0 Å². The first kappa shape index (κ1) is 10.3. The van der Waals surface area contributed by atoms with Crippen LogP contribution in [-0.2, 0) is 0 Å². The van der Waals surface area contributed by atoms with Gasteiger partial charge in [0.15, 0.2) is 5.17 Å². The van der Waals surface area contributed by atoms with E-state index in [0.717, 1.165) is 12.5 Å². The van der Waals surface area contributed by atoms with E-state index in [1.54, 1.807) is 0 Å². The lowest BCUT2D eigenvalue weighted by Gasteiger charge is -2.28. The molecule has 2 nitrogen and oxygen atoms in total. The van der Waals surface area contributed by atoms with Gasteiger partial charge in [-0.25, -0.2) is 0 Å². The zero-order valence-corrected chi connectivity index (χ0v) is 9.78. The van der Waals surface area contributed by atoms with E-state index in [4.69, 9.17) is 0 Å². The third-order valence-electron chi connectivity index (χ3n) is 3.34. The lowest BCUT2D eigenvalue weighted by Crippen LogP contribution is -2.35. The molecule has 0 bridgehead atoms. The molecule has 1 aliphatic carbocycles. The molecule has 0 radical (unpaired) electrons. The third kappa shape index (κ3) is 2.66. The van der Waals surface area contributed by atoms with Crippen molar-refractivity contribution in [1.29, 1.82) is 0 Å². The predicted octanol–water partition coefficient (Wildman–Crippen LogP) is 2.65. The zero-order valence-electron chi connectivity index (χ0n) is 8.96. The summed E-state index contributed by atoms with van der Waals surface area (Å²) in [6, 6.07) is 0.710. The topological polar surface area (TPSA) is 24.4 Å². The van der Waals surface area contributed by atoms with Gasteiger partial charge in [-0.15, -0.1) is 0 Å². The minimum absolute atomic E-state index is 0.710. The second kappa shape index (κ2) is 5.06. The number of hydrogen-bond donors (Lipinski definition) is 1. The van der Waals surface area contributed by atoms with Crippen LogP contribution in [0.1, 0.15) is 39.0 Å². The quantitative estimate of drug-likeness (QED) is 0.761. The van der Waals surface area contributed by atoms with Gasteiger partial charge in [-0.2, -0.15) is 0 Å². The van der Waals surface area contributed by atoms with Crippen LogP contribution in [0.4, 0.5) is 0 Å². The van der Waals surface area contributed by atoms with E-state index in [2.05, 4.69) is 17.2 Å². The molecule has 3 heteroatoms. The summed E-state index contributed by atoms with van der Waals surface area (Å²) < 4.78 is 0. The normalized spacial score (nSPS) is 32.8. The summed E-state index contributed by atoms with van der Waals surface area (Å²) in [5.74, 6) is 2.17. The Bertz CT molecular complexity index is 207. The SMILES string of the molecule is CCC1CCC(NC2=NCCS2)CC1. The highest BCUT2D eigenvalue weighted by Crippen LogP contribution is 2.27. The number of nitrogens with zero attached hydrogens (tertiary/aromatic N) is 1. The summed E-state index contributed by atoms with van der Waals surface area (Å²) in [4.78, 5) is 4.44. The fourth-order valence-corrected chi connectivity index (χ4v) is 3.12. The van der Waals surface area contributed by atoms with Crippen LogP contribution >= 0.6 is 11.8 Å². The van der Waals surface area contributed by atoms with Crippen molar-refractivity contribution in [3.63, 3.8) is 0 Å². The maximum absolute atomic E-state index is 4.44. The fourth-order valence-electron chi connectivity index (χ4n) is 2.31. The monoisotopic (exact) mass is 212 g/mol. The number of hydrogen-bond acceptors (Lipinski definition) is 3. The molecule has 0 aromatic rings. The Balaban J connectivity index is 1.72. The van der Waals surface area contributed by atoms with Gasteiger partial charge in [-0.05, 0) is 31.6 Å². The molecule has 0 spiro atoms. The molecule has 0 amide bonds. The number of amidine groups is 1. The Labute approximate surface area is 90.9 Å². The van der Waals surface area contributed by atoms with E-state index in [0.29, 0.717) is 6.04 Å². The largest absolute Gasteiger partial charge is 0.362 e. The minimum atomic E-state index is 0.710. The molecule has 1 aliphatic heterocycles. The average Bonchev–Trinajstić information content (AvgIpc) is 2.72. The maximum Gasteiger partial charge on any atom is 0.156 e. The van der Waals surface area contributed by atoms with Crippen LogP contribution in [0.25, 0.3) is 0 Å². The van der Waals surface area contributed by atoms with E-state index in [-0.39, 0.29) is 0 Å². The van der Waals surface area contributed by atoms with Crippen molar-refractivity contribution in [2.45, 2.75) is 45.1 Å². The molecule has 14 heavy (non-hydrogen) atoms. The molecular weight excluding hydrogens is 192 g/mol. The Morgan fingerprint density at radius 2 is 2.14 bits per heavy atom. The number of aliphatic imine (C=N–C) groups is 1. The Morgan fingerprint density at radius 3 is 2.71 bits per heavy atom. The van der Waals surface area contributed by atoms with Crippen LogP contribution in [0.2, 0.25) is 0 Å². The van der Waals surface area contributed by atoms with Crippen LogP contribution in [0.3, 0.4) is 0 Å². The van der Waals surface area contributed by atoms with E-state index in [1.807, 2.05) is 11.8 Å². The summed E-state index contributed by atoms with van der Waals surface area (Å²) in [6.07, 6.45) is 6.87. The average molecular weight is 212 g/mol. The van der Waals surface area contributed by atoms with Gasteiger partial charge in [0.25, 0.3) is 0 Å². The van der Waals surface area contributed by atoms with Gasteiger partial charge in [-0.3, -0.25) is 4.99 Å². The molecule has 0 atom stereocenters. The minimum Gasteiger partial charge on any atom is -0.362 e. The molecule has 0 aromatic carbocycles. The van der Waals surface area contributed by atoms with E-state index in [9.17, 15) is 0 Å². The molecule has 0 unspecified atom stereocenters. The molecule has 1 saturated carbocycles. The van der Waals surface area contributed by atoms with Gasteiger partial charge >= 0.3 is 0 Å². The van der Waals surface area contributed by atoms with Crippen molar-refractivity contribution in [1.82, 2.24) is 5.32 Å². The first-order valence-corrected chi connectivity index (χ1v) is 6.81. The molecular formula is C11H20N2S. The lowest BCUT2D eigenvalue weighted by atomic mass is 9.85. The molecule has 0 saturated heterocycles. The first-order chi connectivity index (χ1) is 6.88. The third-order valence-corrected chi connectivity index (χ3v) is 4.24. The summed E-state index contributed by atoms with van der Waals surface area (Å²) in [5, 5.41) is 4.77. The Hall–Kier alpha value is -0.180. The molecule has 1 fully saturated rings. The molecule has 80 valence electrons. The van der Waals surface area contributed by atoms with Crippen LogP contribution in [0, 0.1) is 5.92 Å². The van der Waals surface area contributed by atoms with Crippen molar-refractivity contribution >= 4 is 16.9 Å². The molecule has 0 aromatic heterocycles. The van der Waals surface area contributed by atoms with Crippen molar-refractivity contribution in [2.75, 3.05) is 12.3 Å². The highest BCUT2D eigenvalue weighted by molar-refractivity contribution is 8.14. The summed E-state index contributed by atoms with van der Waals surface area (Å²) >= 11 is 1.88. The summed E-state index contributed by atoms with van der Waals surface area (Å²) in [5.41, 5.74) is 0. The summed E-state index contributed by atoms with van der Waals surface area (Å²) in [6.45, 7) is 3.33. The van der Waals surface area contributed by atoms with Gasteiger partial charge in [-0.1, -0.05) is 25.1 Å². The summed E-state index contributed by atoms with van der Waals surface area (Å²) in [7, 11) is 0. The van der Waals surface area contributed by atoms with Gasteiger partial charge in [0, 0.05) is 11.8 Å². The Morgan fingerprint density at radius 1 is 1.36 bits per heavy atom. The van der Waals surface area contributed by atoms with E-state index >= 15 is 0 Å². The number of nitrogens with one attached hydrogen (secondary N) is 1. The number of thioether (sulfide) groups is 1. The standard InChI is InChI=1S/C11H20N2S/c1-2-9-3-5-10(6-4-9)13-11-12-7-8-14-11/h9-10H,2-8H2,1H3,(H,12,13). The Kier molecular flexibility index (Phi) is 3.74. The molecule has 2 rings (SSSR count). The zero-order chi connectivity index (χ0) is 9.80. The molecule has 1 N–H and O–H groups in total. The fraction of sp³-hybridized carbons (Fsp3) is 0.909. The van der Waals surface area contributed by atoms with Crippen LogP contribution in [0.15, 0.2) is 4.99 Å². The smallest absolute Gasteiger partial charge is 0.156 e. The van der Waals surface area contributed by atoms with E-state index in [1.165, 1.54) is 43.0 Å². The van der Waals surface area contributed by atoms with Gasteiger partial charge in [0.2, 0.25) is 0 Å². The van der Waals surface area contributed by atoms with Crippen LogP contribution in [0.5, 0.6) is 0 Å². The maximum atomic E-state index is 4.44. The van der Waals surface area contributed by atoms with Crippen molar-refractivity contribution in [2.24, 2.45) is 10.9 Å². The second-order valence-electron chi connectivity index (χ2n) is 4.31. The van der Waals surface area contributed by atoms with Crippen LogP contribution < -0.4 is 5.32 Å². The van der Waals surface area contributed by atoms with Crippen molar-refractivity contribution in [3.05, 3.63) is 0 Å².